The minimum Gasteiger partial charge on any atom is -0.387 e. The molecule has 21 heavy (non-hydrogen) atoms. The van der Waals surface area contributed by atoms with Gasteiger partial charge in [0.15, 0.2) is 17.4 Å². The first kappa shape index (κ1) is 14.1. The van der Waals surface area contributed by atoms with Gasteiger partial charge in [-0.2, -0.15) is 0 Å². The number of hydrogen-bond acceptors (Lipinski definition) is 7. The monoisotopic (exact) mass is 296 g/mol. The van der Waals surface area contributed by atoms with E-state index in [9.17, 15) is 15.0 Å². The average Bonchev–Trinajstić information content (AvgIpc) is 2.96. The van der Waals surface area contributed by atoms with E-state index in [4.69, 9.17) is 9.47 Å². The van der Waals surface area contributed by atoms with Crippen LogP contribution in [-0.4, -0.2) is 61.8 Å². The van der Waals surface area contributed by atoms with Gasteiger partial charge in [-0.1, -0.05) is 0 Å². The van der Waals surface area contributed by atoms with E-state index in [1.165, 1.54) is 18.0 Å². The van der Waals surface area contributed by atoms with E-state index < -0.39 is 24.5 Å². The predicted molar refractivity (Wildman–Crippen MR) is 70.7 cm³/mol. The number of methoxy groups -OCH3 is 1. The van der Waals surface area contributed by atoms with E-state index in [1.54, 1.807) is 6.92 Å². The van der Waals surface area contributed by atoms with Crippen LogP contribution in [0, 0.1) is 6.92 Å². The van der Waals surface area contributed by atoms with Crippen molar-refractivity contribution >= 4 is 11.2 Å². The number of nitrogens with zero attached hydrogens (tertiary/aromatic N) is 3. The Balaban J connectivity index is 2.03. The molecule has 0 bridgehead atoms. The van der Waals surface area contributed by atoms with Gasteiger partial charge in [-0.15, -0.1) is 0 Å². The molecule has 2 aromatic heterocycles. The summed E-state index contributed by atoms with van der Waals surface area (Å²) in [5.41, 5.74) is 0.0874. The second-order valence-corrected chi connectivity index (χ2v) is 4.98. The standard InChI is InChI=1S/C12H16N4O5/c1-5-14-10-7(11(19)15-5)13-4-16(10)12-9(18)8(17)6(21-12)3-20-2/h4,6,8-9,12,17-18H,3H2,1-2H3,(H,14,15,19)/t6-,8-,9-,12-/m1/s1. The molecule has 3 heterocycles. The second-order valence-electron chi connectivity index (χ2n) is 4.98. The molecule has 1 aliphatic rings. The largest absolute Gasteiger partial charge is 0.387 e. The average molecular weight is 296 g/mol. The summed E-state index contributed by atoms with van der Waals surface area (Å²) >= 11 is 0. The Hall–Kier alpha value is -1.81. The zero-order valence-electron chi connectivity index (χ0n) is 11.6. The Morgan fingerprint density at radius 1 is 1.48 bits per heavy atom. The molecular formula is C12H16N4O5. The van der Waals surface area contributed by atoms with Crippen molar-refractivity contribution in [3.8, 4) is 0 Å². The summed E-state index contributed by atoms with van der Waals surface area (Å²) in [6.45, 7) is 1.79. The third-order valence-corrected chi connectivity index (χ3v) is 3.49. The Kier molecular flexibility index (Phi) is 3.49. The van der Waals surface area contributed by atoms with E-state index in [2.05, 4.69) is 15.0 Å². The van der Waals surface area contributed by atoms with Gasteiger partial charge in [0, 0.05) is 7.11 Å². The van der Waals surface area contributed by atoms with Gasteiger partial charge in [0.25, 0.3) is 5.56 Å². The van der Waals surface area contributed by atoms with Crippen molar-refractivity contribution in [3.05, 3.63) is 22.5 Å². The maximum absolute atomic E-state index is 11.8. The topological polar surface area (TPSA) is 122 Å². The van der Waals surface area contributed by atoms with Crippen LogP contribution in [0.15, 0.2) is 11.1 Å². The van der Waals surface area contributed by atoms with Crippen molar-refractivity contribution < 1.29 is 19.7 Å². The zero-order chi connectivity index (χ0) is 15.1. The molecule has 9 heteroatoms. The lowest BCUT2D eigenvalue weighted by Crippen LogP contribution is -2.33. The number of H-pyrrole nitrogens is 1. The molecule has 0 spiro atoms. The molecule has 0 saturated carbocycles. The lowest BCUT2D eigenvalue weighted by atomic mass is 10.1. The quantitative estimate of drug-likeness (QED) is 0.643. The van der Waals surface area contributed by atoms with Crippen molar-refractivity contribution in [1.82, 2.24) is 19.5 Å². The van der Waals surface area contributed by atoms with Gasteiger partial charge in [-0.25, -0.2) is 9.97 Å². The summed E-state index contributed by atoms with van der Waals surface area (Å²) in [6.07, 6.45) is -2.42. The van der Waals surface area contributed by atoms with Crippen molar-refractivity contribution in [2.24, 2.45) is 0 Å². The molecule has 0 aliphatic carbocycles. The predicted octanol–water partition coefficient (Wildman–Crippen LogP) is -1.31. The minimum atomic E-state index is -1.16. The summed E-state index contributed by atoms with van der Waals surface area (Å²) < 4.78 is 12.0. The molecule has 3 N–H and O–H groups in total. The Labute approximate surface area is 119 Å². The summed E-state index contributed by atoms with van der Waals surface area (Å²) in [6, 6.07) is 0. The molecule has 1 saturated heterocycles. The van der Waals surface area contributed by atoms with Crippen molar-refractivity contribution in [3.63, 3.8) is 0 Å². The van der Waals surface area contributed by atoms with Gasteiger partial charge in [-0.05, 0) is 6.92 Å². The van der Waals surface area contributed by atoms with Crippen molar-refractivity contribution in [2.45, 2.75) is 31.5 Å². The molecule has 1 aliphatic heterocycles. The van der Waals surface area contributed by atoms with Crippen LogP contribution in [0.1, 0.15) is 12.1 Å². The van der Waals surface area contributed by atoms with Gasteiger partial charge < -0.3 is 24.7 Å². The minimum absolute atomic E-state index is 0.147. The summed E-state index contributed by atoms with van der Waals surface area (Å²) in [5.74, 6) is 0.427. The first-order valence-electron chi connectivity index (χ1n) is 6.47. The number of imidazole rings is 1. The highest BCUT2D eigenvalue weighted by Gasteiger charge is 2.44. The molecule has 2 aromatic rings. The molecule has 1 fully saturated rings. The summed E-state index contributed by atoms with van der Waals surface area (Å²) in [4.78, 5) is 22.5. The molecule has 114 valence electrons. The van der Waals surface area contributed by atoms with Crippen LogP contribution in [0.4, 0.5) is 0 Å². The first-order valence-corrected chi connectivity index (χ1v) is 6.47. The van der Waals surface area contributed by atoms with E-state index in [0.717, 1.165) is 0 Å². The normalized spacial score (nSPS) is 29.3. The highest BCUT2D eigenvalue weighted by molar-refractivity contribution is 5.69. The number of aliphatic hydroxyl groups excluding tert-OH is 2. The van der Waals surface area contributed by atoms with Crippen LogP contribution in [0.5, 0.6) is 0 Å². The fourth-order valence-corrected chi connectivity index (χ4v) is 2.48. The molecule has 4 atom stereocenters. The van der Waals surface area contributed by atoms with E-state index in [-0.39, 0.29) is 17.7 Å². The fourth-order valence-electron chi connectivity index (χ4n) is 2.48. The number of fused-ring (bicyclic) bond motifs is 1. The lowest BCUT2D eigenvalue weighted by Gasteiger charge is -2.16. The second kappa shape index (κ2) is 5.19. The summed E-state index contributed by atoms with van der Waals surface area (Å²) in [7, 11) is 1.48. The van der Waals surface area contributed by atoms with E-state index >= 15 is 0 Å². The van der Waals surface area contributed by atoms with Crippen molar-refractivity contribution in [1.29, 1.82) is 0 Å². The van der Waals surface area contributed by atoms with Gasteiger partial charge in [0.05, 0.1) is 12.9 Å². The first-order chi connectivity index (χ1) is 10.0. The van der Waals surface area contributed by atoms with Crippen LogP contribution >= 0.6 is 0 Å². The molecule has 9 nitrogen and oxygen atoms in total. The third-order valence-electron chi connectivity index (χ3n) is 3.49. The number of hydrogen-bond donors (Lipinski definition) is 3. The fraction of sp³-hybridized carbons (Fsp3) is 0.583. The number of nitrogens with one attached hydrogen (secondary N) is 1. The number of aromatic nitrogens is 4. The van der Waals surface area contributed by atoms with Gasteiger partial charge in [0.1, 0.15) is 24.1 Å². The molecule has 0 unspecified atom stereocenters. The van der Waals surface area contributed by atoms with Gasteiger partial charge >= 0.3 is 0 Å². The SMILES string of the molecule is COC[C@H]1O[C@@H](n2cnc3c(=O)[nH]c(C)nc32)[C@H](O)[C@@H]1O. The number of aromatic amines is 1. The number of aliphatic hydroxyl groups is 2. The Bertz CT molecular complexity index is 711. The Morgan fingerprint density at radius 2 is 2.24 bits per heavy atom. The van der Waals surface area contributed by atoms with E-state index in [0.29, 0.717) is 11.5 Å². The maximum atomic E-state index is 11.8. The van der Waals surface area contributed by atoms with Crippen LogP contribution in [0.2, 0.25) is 0 Å². The van der Waals surface area contributed by atoms with E-state index in [1.807, 2.05) is 0 Å². The van der Waals surface area contributed by atoms with Crippen LogP contribution < -0.4 is 5.56 Å². The summed E-state index contributed by atoms with van der Waals surface area (Å²) in [5, 5.41) is 20.1. The molecule has 0 radical (unpaired) electrons. The smallest absolute Gasteiger partial charge is 0.279 e. The van der Waals surface area contributed by atoms with Crippen LogP contribution in [-0.2, 0) is 9.47 Å². The van der Waals surface area contributed by atoms with Gasteiger partial charge in [-0.3, -0.25) is 9.36 Å². The maximum Gasteiger partial charge on any atom is 0.279 e. The number of rotatable bonds is 3. The zero-order valence-corrected chi connectivity index (χ0v) is 11.6. The van der Waals surface area contributed by atoms with Crippen molar-refractivity contribution in [2.75, 3.05) is 13.7 Å². The number of ether oxygens (including phenoxy) is 2. The van der Waals surface area contributed by atoms with Crippen LogP contribution in [0.25, 0.3) is 11.2 Å². The molecule has 0 amide bonds. The lowest BCUT2D eigenvalue weighted by molar-refractivity contribution is -0.0580. The Morgan fingerprint density at radius 3 is 2.95 bits per heavy atom. The molecule has 0 aromatic carbocycles. The number of aryl methyl sites for hydroxylation is 1. The third kappa shape index (κ3) is 2.23. The highest BCUT2D eigenvalue weighted by atomic mass is 16.6. The molecule has 3 rings (SSSR count). The highest BCUT2D eigenvalue weighted by Crippen LogP contribution is 2.30. The molecular weight excluding hydrogens is 280 g/mol. The van der Waals surface area contributed by atoms with Crippen LogP contribution in [0.3, 0.4) is 0 Å². The van der Waals surface area contributed by atoms with Gasteiger partial charge in [0.2, 0.25) is 0 Å².